The SMILES string of the molecule is O=C/C=C/c1ccccc1NCc1cn[nH]c1-c1ccc(C(F)(F)F)cc1. The average molecular weight is 371 g/mol. The van der Waals surface area contributed by atoms with E-state index in [1.807, 2.05) is 24.3 Å². The molecule has 138 valence electrons. The summed E-state index contributed by atoms with van der Waals surface area (Å²) in [6.45, 7) is 0.415. The minimum Gasteiger partial charge on any atom is -0.380 e. The van der Waals surface area contributed by atoms with E-state index in [0.29, 0.717) is 24.1 Å². The summed E-state index contributed by atoms with van der Waals surface area (Å²) >= 11 is 0. The van der Waals surface area contributed by atoms with Crippen LogP contribution in [-0.2, 0) is 17.5 Å². The maximum atomic E-state index is 12.7. The Morgan fingerprint density at radius 1 is 1.07 bits per heavy atom. The second-order valence-corrected chi connectivity index (χ2v) is 5.78. The lowest BCUT2D eigenvalue weighted by atomic mass is 10.1. The van der Waals surface area contributed by atoms with Gasteiger partial charge in [0.15, 0.2) is 0 Å². The fourth-order valence-electron chi connectivity index (χ4n) is 2.66. The molecule has 3 aromatic rings. The number of anilines is 1. The molecule has 0 saturated carbocycles. The van der Waals surface area contributed by atoms with Gasteiger partial charge in [0.05, 0.1) is 17.5 Å². The minimum absolute atomic E-state index is 0.415. The van der Waals surface area contributed by atoms with Crippen LogP contribution in [0.4, 0.5) is 18.9 Å². The van der Waals surface area contributed by atoms with E-state index in [-0.39, 0.29) is 0 Å². The molecule has 0 aliphatic rings. The van der Waals surface area contributed by atoms with E-state index in [2.05, 4.69) is 15.5 Å². The molecule has 0 amide bonds. The molecule has 1 heterocycles. The van der Waals surface area contributed by atoms with Crippen molar-refractivity contribution in [3.63, 3.8) is 0 Å². The van der Waals surface area contributed by atoms with Gasteiger partial charge in [0.2, 0.25) is 0 Å². The molecule has 3 rings (SSSR count). The molecule has 0 aliphatic carbocycles. The van der Waals surface area contributed by atoms with Crippen molar-refractivity contribution in [3.8, 4) is 11.3 Å². The molecule has 0 fully saturated rings. The van der Waals surface area contributed by atoms with Crippen molar-refractivity contribution >= 4 is 18.0 Å². The first-order chi connectivity index (χ1) is 13.0. The molecular weight excluding hydrogens is 355 g/mol. The van der Waals surface area contributed by atoms with Crippen LogP contribution in [0.15, 0.2) is 60.8 Å². The van der Waals surface area contributed by atoms with Crippen molar-refractivity contribution in [2.45, 2.75) is 12.7 Å². The van der Waals surface area contributed by atoms with E-state index in [4.69, 9.17) is 0 Å². The highest BCUT2D eigenvalue weighted by molar-refractivity contribution is 5.78. The summed E-state index contributed by atoms with van der Waals surface area (Å²) in [5.41, 5.74) is 3.06. The van der Waals surface area contributed by atoms with Crippen molar-refractivity contribution in [1.82, 2.24) is 10.2 Å². The smallest absolute Gasteiger partial charge is 0.380 e. The number of nitrogens with one attached hydrogen (secondary N) is 2. The van der Waals surface area contributed by atoms with Crippen LogP contribution in [0.5, 0.6) is 0 Å². The van der Waals surface area contributed by atoms with E-state index < -0.39 is 11.7 Å². The number of carbonyl (C=O) groups is 1. The number of aromatic amines is 1. The van der Waals surface area contributed by atoms with Crippen LogP contribution in [-0.4, -0.2) is 16.5 Å². The molecule has 4 nitrogen and oxygen atoms in total. The summed E-state index contributed by atoms with van der Waals surface area (Å²) < 4.78 is 38.2. The molecule has 1 aromatic heterocycles. The summed E-state index contributed by atoms with van der Waals surface area (Å²) in [5, 5.41) is 10.1. The van der Waals surface area contributed by atoms with Gasteiger partial charge < -0.3 is 5.32 Å². The van der Waals surface area contributed by atoms with Crippen LogP contribution in [0.3, 0.4) is 0 Å². The third-order valence-electron chi connectivity index (χ3n) is 4.00. The highest BCUT2D eigenvalue weighted by atomic mass is 19.4. The quantitative estimate of drug-likeness (QED) is 0.478. The van der Waals surface area contributed by atoms with Gasteiger partial charge in [-0.05, 0) is 41.5 Å². The number of para-hydroxylation sites is 1. The number of hydrogen-bond donors (Lipinski definition) is 2. The van der Waals surface area contributed by atoms with E-state index >= 15 is 0 Å². The van der Waals surface area contributed by atoms with Crippen molar-refractivity contribution in [3.05, 3.63) is 77.5 Å². The highest BCUT2D eigenvalue weighted by Crippen LogP contribution is 2.31. The van der Waals surface area contributed by atoms with Crippen molar-refractivity contribution in [1.29, 1.82) is 0 Å². The molecule has 2 aromatic carbocycles. The summed E-state index contributed by atoms with van der Waals surface area (Å²) in [6, 6.07) is 12.4. The van der Waals surface area contributed by atoms with Gasteiger partial charge in [-0.15, -0.1) is 0 Å². The van der Waals surface area contributed by atoms with Gasteiger partial charge in [0.1, 0.15) is 6.29 Å². The maximum absolute atomic E-state index is 12.7. The molecule has 2 N–H and O–H groups in total. The minimum atomic E-state index is -4.37. The van der Waals surface area contributed by atoms with Crippen LogP contribution in [0.1, 0.15) is 16.7 Å². The van der Waals surface area contributed by atoms with Crippen molar-refractivity contribution < 1.29 is 18.0 Å². The molecule has 0 unspecified atom stereocenters. The number of hydrogen-bond acceptors (Lipinski definition) is 3. The van der Waals surface area contributed by atoms with Crippen LogP contribution in [0.2, 0.25) is 0 Å². The largest absolute Gasteiger partial charge is 0.416 e. The summed E-state index contributed by atoms with van der Waals surface area (Å²) in [6.07, 6.45) is 1.07. The number of halogens is 3. The van der Waals surface area contributed by atoms with Gasteiger partial charge in [-0.25, -0.2) is 0 Å². The molecule has 0 saturated heterocycles. The van der Waals surface area contributed by atoms with Gasteiger partial charge in [-0.3, -0.25) is 9.89 Å². The molecule has 7 heteroatoms. The summed E-state index contributed by atoms with van der Waals surface area (Å²) in [4.78, 5) is 10.5. The predicted molar refractivity (Wildman–Crippen MR) is 97.9 cm³/mol. The molecule has 27 heavy (non-hydrogen) atoms. The number of nitrogens with zero attached hydrogens (tertiary/aromatic N) is 1. The van der Waals surface area contributed by atoms with E-state index in [9.17, 15) is 18.0 Å². The summed E-state index contributed by atoms with van der Waals surface area (Å²) in [5.74, 6) is 0. The molecule has 0 bridgehead atoms. The Balaban J connectivity index is 1.79. The Hall–Kier alpha value is -3.35. The lowest BCUT2D eigenvalue weighted by Gasteiger charge is -2.11. The van der Waals surface area contributed by atoms with Gasteiger partial charge in [0.25, 0.3) is 0 Å². The van der Waals surface area contributed by atoms with Gasteiger partial charge in [0, 0.05) is 17.8 Å². The average Bonchev–Trinajstić information content (AvgIpc) is 3.13. The third-order valence-corrected chi connectivity index (χ3v) is 4.00. The fourth-order valence-corrected chi connectivity index (χ4v) is 2.66. The van der Waals surface area contributed by atoms with Crippen molar-refractivity contribution in [2.75, 3.05) is 5.32 Å². The number of alkyl halides is 3. The monoisotopic (exact) mass is 371 g/mol. The highest BCUT2D eigenvalue weighted by Gasteiger charge is 2.30. The molecule has 0 aliphatic heterocycles. The fraction of sp³-hybridized carbons (Fsp3) is 0.100. The lowest BCUT2D eigenvalue weighted by molar-refractivity contribution is -0.137. The van der Waals surface area contributed by atoms with Crippen LogP contribution in [0, 0.1) is 0 Å². The van der Waals surface area contributed by atoms with Crippen LogP contribution < -0.4 is 5.32 Å². The van der Waals surface area contributed by atoms with Crippen LogP contribution >= 0.6 is 0 Å². The number of benzene rings is 2. The Kier molecular flexibility index (Phi) is 5.40. The lowest BCUT2D eigenvalue weighted by Crippen LogP contribution is -2.04. The predicted octanol–water partition coefficient (Wildman–Crippen LogP) is 4.92. The molecule has 0 atom stereocenters. The number of allylic oxidation sites excluding steroid dienone is 1. The van der Waals surface area contributed by atoms with Gasteiger partial charge in [-0.2, -0.15) is 18.3 Å². The second kappa shape index (κ2) is 7.90. The number of aromatic nitrogens is 2. The van der Waals surface area contributed by atoms with Gasteiger partial charge >= 0.3 is 6.18 Å². The normalized spacial score (nSPS) is 11.7. The molecule has 0 radical (unpaired) electrons. The number of carbonyl (C=O) groups excluding carboxylic acids is 1. The first-order valence-corrected chi connectivity index (χ1v) is 8.13. The molecule has 0 spiro atoms. The Morgan fingerprint density at radius 2 is 1.81 bits per heavy atom. The maximum Gasteiger partial charge on any atom is 0.416 e. The number of aldehydes is 1. The standard InChI is InChI=1S/C20H16F3N3O/c21-20(22,23)17-9-7-15(8-10-17)19-16(13-25-26-19)12-24-18-6-2-1-4-14(18)5-3-11-27/h1-11,13,24H,12H2,(H,25,26)/b5-3+. The number of H-pyrrole nitrogens is 1. The zero-order valence-electron chi connectivity index (χ0n) is 14.1. The Labute approximate surface area is 153 Å². The third kappa shape index (κ3) is 4.44. The first kappa shape index (κ1) is 18.4. The second-order valence-electron chi connectivity index (χ2n) is 5.78. The van der Waals surface area contributed by atoms with E-state index in [1.165, 1.54) is 18.2 Å². The van der Waals surface area contributed by atoms with Crippen molar-refractivity contribution in [2.24, 2.45) is 0 Å². The van der Waals surface area contributed by atoms with E-state index in [1.54, 1.807) is 12.3 Å². The molecular formula is C20H16F3N3O. The summed E-state index contributed by atoms with van der Waals surface area (Å²) in [7, 11) is 0. The first-order valence-electron chi connectivity index (χ1n) is 8.13. The zero-order chi connectivity index (χ0) is 19.3. The van der Waals surface area contributed by atoms with Crippen LogP contribution in [0.25, 0.3) is 17.3 Å². The topological polar surface area (TPSA) is 57.8 Å². The van der Waals surface area contributed by atoms with E-state index in [0.717, 1.165) is 28.9 Å². The number of rotatable bonds is 6. The Bertz CT molecular complexity index is 944. The Morgan fingerprint density at radius 3 is 2.52 bits per heavy atom. The zero-order valence-corrected chi connectivity index (χ0v) is 14.1. The van der Waals surface area contributed by atoms with Gasteiger partial charge in [-0.1, -0.05) is 30.3 Å².